The lowest BCUT2D eigenvalue weighted by Gasteiger charge is -2.36. The molecular weight excluding hydrogens is 354 g/mol. The second-order valence-corrected chi connectivity index (χ2v) is 7.70. The van der Waals surface area contributed by atoms with Crippen molar-refractivity contribution < 1.29 is 9.53 Å². The molecule has 2 aromatic rings. The van der Waals surface area contributed by atoms with Gasteiger partial charge in [-0.15, -0.1) is 0 Å². The van der Waals surface area contributed by atoms with Gasteiger partial charge in [0.2, 0.25) is 0 Å². The van der Waals surface area contributed by atoms with Gasteiger partial charge in [0, 0.05) is 43.6 Å². The number of piperazine rings is 1. The van der Waals surface area contributed by atoms with Crippen LogP contribution in [0.5, 0.6) is 0 Å². The summed E-state index contributed by atoms with van der Waals surface area (Å²) in [7, 11) is 0. The zero-order chi connectivity index (χ0) is 18.9. The van der Waals surface area contributed by atoms with E-state index in [0.29, 0.717) is 37.0 Å². The molecule has 1 fully saturated rings. The van der Waals surface area contributed by atoms with Crippen molar-refractivity contribution in [2.24, 2.45) is 0 Å². The van der Waals surface area contributed by atoms with Crippen molar-refractivity contribution in [2.45, 2.75) is 26.4 Å². The molecule has 0 aromatic carbocycles. The van der Waals surface area contributed by atoms with Gasteiger partial charge in [-0.25, -0.2) is 9.78 Å². The van der Waals surface area contributed by atoms with E-state index in [2.05, 4.69) is 14.9 Å². The zero-order valence-electron chi connectivity index (χ0n) is 15.3. The Bertz CT molecular complexity index is 791. The fourth-order valence-electron chi connectivity index (χ4n) is 2.89. The van der Waals surface area contributed by atoms with Crippen molar-refractivity contribution in [3.63, 3.8) is 0 Å². The lowest BCUT2D eigenvalue weighted by Crippen LogP contribution is -2.50. The van der Waals surface area contributed by atoms with Crippen molar-refractivity contribution in [1.29, 1.82) is 0 Å². The summed E-state index contributed by atoms with van der Waals surface area (Å²) in [6, 6.07) is 5.56. The largest absolute Gasteiger partial charge is 0.444 e. The molecule has 1 amide bonds. The second kappa shape index (κ2) is 7.07. The SMILES string of the molecule is CC(C)(C)OC(=O)N1CCN(c2[nH]c(-c3ccnc(Cl)c3)cc2N)CC1. The molecule has 0 atom stereocenters. The van der Waals surface area contributed by atoms with Crippen molar-refractivity contribution in [2.75, 3.05) is 36.8 Å². The van der Waals surface area contributed by atoms with Gasteiger partial charge in [0.1, 0.15) is 16.6 Å². The Hall–Kier alpha value is -2.41. The number of carbonyl (C=O) groups is 1. The minimum Gasteiger partial charge on any atom is -0.444 e. The van der Waals surface area contributed by atoms with Crippen molar-refractivity contribution in [3.8, 4) is 11.3 Å². The number of anilines is 2. The van der Waals surface area contributed by atoms with Gasteiger partial charge in [0.15, 0.2) is 0 Å². The van der Waals surface area contributed by atoms with Crippen LogP contribution in [0.4, 0.5) is 16.3 Å². The van der Waals surface area contributed by atoms with E-state index in [1.54, 1.807) is 17.2 Å². The van der Waals surface area contributed by atoms with Crippen LogP contribution in [0.2, 0.25) is 5.15 Å². The van der Waals surface area contributed by atoms with Gasteiger partial charge in [0.25, 0.3) is 0 Å². The Labute approximate surface area is 158 Å². The Kier molecular flexibility index (Phi) is 5.00. The average molecular weight is 378 g/mol. The van der Waals surface area contributed by atoms with Crippen LogP contribution in [-0.2, 0) is 4.74 Å². The second-order valence-electron chi connectivity index (χ2n) is 7.31. The van der Waals surface area contributed by atoms with Gasteiger partial charge < -0.3 is 25.3 Å². The van der Waals surface area contributed by atoms with E-state index in [-0.39, 0.29) is 6.09 Å². The number of aromatic nitrogens is 2. The van der Waals surface area contributed by atoms with Crippen LogP contribution >= 0.6 is 11.6 Å². The van der Waals surface area contributed by atoms with Gasteiger partial charge in [-0.1, -0.05) is 11.6 Å². The fourth-order valence-corrected chi connectivity index (χ4v) is 3.06. The molecule has 0 aliphatic carbocycles. The summed E-state index contributed by atoms with van der Waals surface area (Å²) in [5.74, 6) is 0.858. The molecule has 3 heterocycles. The first-order valence-corrected chi connectivity index (χ1v) is 8.94. The van der Waals surface area contributed by atoms with Crippen LogP contribution in [-0.4, -0.2) is 52.7 Å². The molecule has 1 aliphatic heterocycles. The number of nitrogens with zero attached hydrogens (tertiary/aromatic N) is 3. The first-order chi connectivity index (χ1) is 12.2. The third-order valence-electron chi connectivity index (χ3n) is 4.11. The summed E-state index contributed by atoms with van der Waals surface area (Å²) in [6.45, 7) is 8.14. The fraction of sp³-hybridized carbons (Fsp3) is 0.444. The lowest BCUT2D eigenvalue weighted by atomic mass is 10.2. The molecule has 0 saturated carbocycles. The molecule has 0 radical (unpaired) electrons. The van der Waals surface area contributed by atoms with Gasteiger partial charge >= 0.3 is 6.09 Å². The number of aromatic amines is 1. The summed E-state index contributed by atoms with van der Waals surface area (Å²) < 4.78 is 5.43. The van der Waals surface area contributed by atoms with Crippen molar-refractivity contribution in [1.82, 2.24) is 14.9 Å². The molecule has 3 rings (SSSR count). The molecule has 26 heavy (non-hydrogen) atoms. The van der Waals surface area contributed by atoms with Crippen LogP contribution in [0.15, 0.2) is 24.4 Å². The Morgan fingerprint density at radius 1 is 1.27 bits per heavy atom. The average Bonchev–Trinajstić information content (AvgIpc) is 2.95. The highest BCUT2D eigenvalue weighted by molar-refractivity contribution is 6.29. The zero-order valence-corrected chi connectivity index (χ0v) is 16.0. The number of pyridine rings is 1. The molecule has 0 spiro atoms. The number of rotatable bonds is 2. The normalized spacial score (nSPS) is 15.2. The standard InChI is InChI=1S/C18H24ClN5O2/c1-18(2,3)26-17(25)24-8-6-23(7-9-24)16-13(20)11-14(22-16)12-4-5-21-15(19)10-12/h4-5,10-11,22H,6-9,20H2,1-3H3. The summed E-state index contributed by atoms with van der Waals surface area (Å²) in [6.07, 6.45) is 1.39. The maximum Gasteiger partial charge on any atom is 0.410 e. The number of ether oxygens (including phenoxy) is 1. The molecule has 0 unspecified atom stereocenters. The first-order valence-electron chi connectivity index (χ1n) is 8.56. The number of nitrogen functional groups attached to an aromatic ring is 1. The first kappa shape index (κ1) is 18.4. The smallest absolute Gasteiger partial charge is 0.410 e. The lowest BCUT2D eigenvalue weighted by molar-refractivity contribution is 0.0240. The predicted octanol–water partition coefficient (Wildman–Crippen LogP) is 3.37. The van der Waals surface area contributed by atoms with E-state index >= 15 is 0 Å². The molecule has 3 N–H and O–H groups in total. The van der Waals surface area contributed by atoms with Crippen LogP contribution < -0.4 is 10.6 Å². The number of hydrogen-bond acceptors (Lipinski definition) is 5. The summed E-state index contributed by atoms with van der Waals surface area (Å²) in [5, 5.41) is 0.434. The number of H-pyrrole nitrogens is 1. The molecule has 140 valence electrons. The minimum absolute atomic E-state index is 0.274. The third kappa shape index (κ3) is 4.22. The maximum atomic E-state index is 12.2. The van der Waals surface area contributed by atoms with E-state index in [4.69, 9.17) is 22.1 Å². The number of amides is 1. The van der Waals surface area contributed by atoms with E-state index in [1.165, 1.54) is 0 Å². The van der Waals surface area contributed by atoms with E-state index < -0.39 is 5.60 Å². The molecule has 7 nitrogen and oxygen atoms in total. The number of nitrogens with two attached hydrogens (primary N) is 1. The van der Waals surface area contributed by atoms with E-state index in [9.17, 15) is 4.79 Å². The Morgan fingerprint density at radius 3 is 2.58 bits per heavy atom. The summed E-state index contributed by atoms with van der Waals surface area (Å²) in [4.78, 5) is 23.4. The molecule has 0 bridgehead atoms. The predicted molar refractivity (Wildman–Crippen MR) is 103 cm³/mol. The minimum atomic E-state index is -0.487. The van der Waals surface area contributed by atoms with Crippen LogP contribution in [0, 0.1) is 0 Å². The summed E-state index contributed by atoms with van der Waals surface area (Å²) in [5.41, 5.74) is 8.19. The van der Waals surface area contributed by atoms with Crippen molar-refractivity contribution in [3.05, 3.63) is 29.5 Å². The van der Waals surface area contributed by atoms with E-state index in [1.807, 2.05) is 32.9 Å². The Balaban J connectivity index is 1.68. The van der Waals surface area contributed by atoms with Gasteiger partial charge in [-0.2, -0.15) is 0 Å². The van der Waals surface area contributed by atoms with Gasteiger partial charge in [-0.05, 0) is 39.0 Å². The van der Waals surface area contributed by atoms with Crippen molar-refractivity contribution >= 4 is 29.2 Å². The number of carbonyl (C=O) groups excluding carboxylic acids is 1. The van der Waals surface area contributed by atoms with Crippen LogP contribution in [0.3, 0.4) is 0 Å². The highest BCUT2D eigenvalue weighted by Gasteiger charge is 2.27. The molecule has 1 aliphatic rings. The topological polar surface area (TPSA) is 87.5 Å². The van der Waals surface area contributed by atoms with E-state index in [0.717, 1.165) is 17.1 Å². The van der Waals surface area contributed by atoms with Crippen LogP contribution in [0.25, 0.3) is 11.3 Å². The maximum absolute atomic E-state index is 12.2. The molecule has 2 aromatic heterocycles. The Morgan fingerprint density at radius 2 is 1.96 bits per heavy atom. The molecule has 1 saturated heterocycles. The number of halogens is 1. The molecule has 8 heteroatoms. The van der Waals surface area contributed by atoms with Gasteiger partial charge in [0.05, 0.1) is 5.69 Å². The summed E-state index contributed by atoms with van der Waals surface area (Å²) >= 11 is 5.97. The quantitative estimate of drug-likeness (QED) is 0.783. The number of hydrogen-bond donors (Lipinski definition) is 2. The van der Waals surface area contributed by atoms with Gasteiger partial charge in [-0.3, -0.25) is 0 Å². The number of nitrogens with one attached hydrogen (secondary N) is 1. The highest BCUT2D eigenvalue weighted by Crippen LogP contribution is 2.30. The third-order valence-corrected chi connectivity index (χ3v) is 4.32. The molecular formula is C18H24ClN5O2. The monoisotopic (exact) mass is 377 g/mol. The highest BCUT2D eigenvalue weighted by atomic mass is 35.5. The van der Waals surface area contributed by atoms with Crippen LogP contribution in [0.1, 0.15) is 20.8 Å².